The highest BCUT2D eigenvalue weighted by molar-refractivity contribution is 6.02. The van der Waals surface area contributed by atoms with Crippen LogP contribution in [0.2, 0.25) is 0 Å². The Hall–Kier alpha value is -2.73. The van der Waals surface area contributed by atoms with Crippen molar-refractivity contribution < 1.29 is 14.3 Å². The van der Waals surface area contributed by atoms with Crippen LogP contribution in [0.5, 0.6) is 11.5 Å². The molecule has 27 heavy (non-hydrogen) atoms. The molecule has 2 N–H and O–H groups in total. The maximum atomic E-state index is 12.6. The Morgan fingerprint density at radius 2 is 1.67 bits per heavy atom. The molecule has 1 aliphatic rings. The van der Waals surface area contributed by atoms with Gasteiger partial charge in [-0.1, -0.05) is 24.3 Å². The van der Waals surface area contributed by atoms with Crippen molar-refractivity contribution in [2.45, 2.75) is 19.3 Å². The fraction of sp³-hybridized carbons (Fsp3) is 0.381. The quantitative estimate of drug-likeness (QED) is 0.775. The molecule has 0 saturated carbocycles. The molecule has 0 radical (unpaired) electrons. The van der Waals surface area contributed by atoms with E-state index < -0.39 is 0 Å². The Kier molecular flexibility index (Phi) is 6.54. The average molecular weight is 369 g/mol. The minimum Gasteiger partial charge on any atom is -0.495 e. The van der Waals surface area contributed by atoms with Gasteiger partial charge in [-0.05, 0) is 56.1 Å². The molecule has 0 spiro atoms. The Bertz CT molecular complexity index is 773. The summed E-state index contributed by atoms with van der Waals surface area (Å²) >= 11 is 0. The molecule has 1 aliphatic heterocycles. The number of amides is 2. The van der Waals surface area contributed by atoms with Crippen LogP contribution in [0.15, 0.2) is 42.5 Å². The van der Waals surface area contributed by atoms with Gasteiger partial charge in [0.05, 0.1) is 25.6 Å². The number of hydrogen-bond acceptors (Lipinski definition) is 4. The van der Waals surface area contributed by atoms with Crippen molar-refractivity contribution in [3.05, 3.63) is 48.0 Å². The molecule has 2 aromatic carbocycles. The van der Waals surface area contributed by atoms with E-state index >= 15 is 0 Å². The lowest BCUT2D eigenvalue weighted by molar-refractivity contribution is 0.262. The third kappa shape index (κ3) is 4.92. The molecular weight excluding hydrogens is 342 g/mol. The molecule has 0 bridgehead atoms. The van der Waals surface area contributed by atoms with Crippen LogP contribution in [0.4, 0.5) is 16.2 Å². The molecule has 6 nitrogen and oxygen atoms in total. The highest BCUT2D eigenvalue weighted by atomic mass is 16.5. The number of nitrogens with zero attached hydrogens (tertiary/aromatic N) is 1. The zero-order valence-electron chi connectivity index (χ0n) is 16.0. The topological polar surface area (TPSA) is 62.8 Å². The monoisotopic (exact) mass is 369 g/mol. The van der Waals surface area contributed by atoms with Gasteiger partial charge in [-0.15, -0.1) is 0 Å². The number of hydrogen-bond donors (Lipinski definition) is 2. The zero-order chi connectivity index (χ0) is 19.1. The third-order valence-electron chi connectivity index (χ3n) is 4.82. The first-order valence-corrected chi connectivity index (χ1v) is 9.30. The molecule has 1 saturated heterocycles. The third-order valence-corrected chi connectivity index (χ3v) is 4.82. The summed E-state index contributed by atoms with van der Waals surface area (Å²) in [6, 6.07) is 12.8. The number of ether oxygens (including phenoxy) is 2. The SMILES string of the molecule is COc1ccccc1NC(=O)Nc1c(CCN2CCCC2)cccc1OC. The van der Waals surface area contributed by atoms with Crippen LogP contribution < -0.4 is 20.1 Å². The molecular formula is C21H27N3O3. The van der Waals surface area contributed by atoms with Crippen LogP contribution in [0.25, 0.3) is 0 Å². The smallest absolute Gasteiger partial charge is 0.323 e. The number of benzene rings is 2. The van der Waals surface area contributed by atoms with Crippen molar-refractivity contribution in [2.75, 3.05) is 44.5 Å². The molecule has 0 unspecified atom stereocenters. The predicted octanol–water partition coefficient (Wildman–Crippen LogP) is 3.99. The standard InChI is InChI=1S/C21H27N3O3/c1-26-18-10-4-3-9-17(18)22-21(25)23-20-16(8-7-11-19(20)27-2)12-15-24-13-5-6-14-24/h3-4,7-11H,5-6,12-15H2,1-2H3,(H2,22,23,25). The molecule has 0 aromatic heterocycles. The minimum absolute atomic E-state index is 0.327. The summed E-state index contributed by atoms with van der Waals surface area (Å²) in [5.41, 5.74) is 2.40. The van der Waals surface area contributed by atoms with Crippen molar-refractivity contribution in [3.8, 4) is 11.5 Å². The number of urea groups is 1. The van der Waals surface area contributed by atoms with E-state index in [1.807, 2.05) is 30.3 Å². The van der Waals surface area contributed by atoms with Crippen molar-refractivity contribution >= 4 is 17.4 Å². The van der Waals surface area contributed by atoms with Crippen LogP contribution in [0.1, 0.15) is 18.4 Å². The zero-order valence-corrected chi connectivity index (χ0v) is 16.0. The van der Waals surface area contributed by atoms with Crippen molar-refractivity contribution in [1.29, 1.82) is 0 Å². The van der Waals surface area contributed by atoms with Crippen LogP contribution in [-0.4, -0.2) is 44.8 Å². The first kappa shape index (κ1) is 19.0. The predicted molar refractivity (Wildman–Crippen MR) is 108 cm³/mol. The van der Waals surface area contributed by atoms with Gasteiger partial charge in [0, 0.05) is 6.54 Å². The van der Waals surface area contributed by atoms with E-state index in [2.05, 4.69) is 15.5 Å². The highest BCUT2D eigenvalue weighted by Crippen LogP contribution is 2.30. The number of carbonyl (C=O) groups excluding carboxylic acids is 1. The maximum absolute atomic E-state index is 12.6. The summed E-state index contributed by atoms with van der Waals surface area (Å²) in [4.78, 5) is 15.0. The number of carbonyl (C=O) groups is 1. The molecule has 3 rings (SSSR count). The van der Waals surface area contributed by atoms with Gasteiger partial charge < -0.3 is 25.0 Å². The summed E-state index contributed by atoms with van der Waals surface area (Å²) in [6.07, 6.45) is 3.40. The number of nitrogens with one attached hydrogen (secondary N) is 2. The summed E-state index contributed by atoms with van der Waals surface area (Å²) in [7, 11) is 3.19. The number of anilines is 2. The fourth-order valence-corrected chi connectivity index (χ4v) is 3.40. The van der Waals surface area contributed by atoms with E-state index in [4.69, 9.17) is 9.47 Å². The molecule has 0 atom stereocenters. The largest absolute Gasteiger partial charge is 0.495 e. The van der Waals surface area contributed by atoms with Gasteiger partial charge in [0.15, 0.2) is 0 Å². The van der Waals surface area contributed by atoms with E-state index in [-0.39, 0.29) is 6.03 Å². The van der Waals surface area contributed by atoms with Crippen LogP contribution in [0.3, 0.4) is 0 Å². The van der Waals surface area contributed by atoms with Gasteiger partial charge in [-0.3, -0.25) is 0 Å². The fourth-order valence-electron chi connectivity index (χ4n) is 3.40. The lowest BCUT2D eigenvalue weighted by Gasteiger charge is -2.19. The van der Waals surface area contributed by atoms with Crippen molar-refractivity contribution in [3.63, 3.8) is 0 Å². The minimum atomic E-state index is -0.327. The summed E-state index contributed by atoms with van der Waals surface area (Å²) in [6.45, 7) is 3.29. The normalized spacial score (nSPS) is 14.0. The number of likely N-dealkylation sites (tertiary alicyclic amines) is 1. The van der Waals surface area contributed by atoms with Crippen LogP contribution in [0, 0.1) is 0 Å². The van der Waals surface area contributed by atoms with E-state index in [9.17, 15) is 4.79 Å². The second-order valence-corrected chi connectivity index (χ2v) is 6.57. The Balaban J connectivity index is 1.72. The van der Waals surface area contributed by atoms with Crippen molar-refractivity contribution in [1.82, 2.24) is 4.90 Å². The summed E-state index contributed by atoms with van der Waals surface area (Å²) in [5.74, 6) is 1.27. The van der Waals surface area contributed by atoms with Crippen molar-refractivity contribution in [2.24, 2.45) is 0 Å². The second-order valence-electron chi connectivity index (χ2n) is 6.57. The first-order valence-electron chi connectivity index (χ1n) is 9.30. The van der Waals surface area contributed by atoms with E-state index in [1.165, 1.54) is 12.8 Å². The van der Waals surface area contributed by atoms with Crippen LogP contribution >= 0.6 is 0 Å². The number of methoxy groups -OCH3 is 2. The van der Waals surface area contributed by atoms with E-state index in [0.29, 0.717) is 22.9 Å². The van der Waals surface area contributed by atoms with E-state index in [0.717, 1.165) is 31.6 Å². The van der Waals surface area contributed by atoms with Gasteiger partial charge in [-0.2, -0.15) is 0 Å². The summed E-state index contributed by atoms with van der Waals surface area (Å²) in [5, 5.41) is 5.80. The molecule has 0 aliphatic carbocycles. The number of para-hydroxylation sites is 3. The lowest BCUT2D eigenvalue weighted by Crippen LogP contribution is -2.24. The molecule has 2 aromatic rings. The lowest BCUT2D eigenvalue weighted by atomic mass is 10.1. The van der Waals surface area contributed by atoms with E-state index in [1.54, 1.807) is 26.4 Å². The summed E-state index contributed by atoms with van der Waals surface area (Å²) < 4.78 is 10.8. The molecule has 6 heteroatoms. The molecule has 2 amide bonds. The van der Waals surface area contributed by atoms with Gasteiger partial charge in [0.1, 0.15) is 11.5 Å². The van der Waals surface area contributed by atoms with Gasteiger partial charge >= 0.3 is 6.03 Å². The molecule has 144 valence electrons. The maximum Gasteiger partial charge on any atom is 0.323 e. The number of rotatable bonds is 7. The van der Waals surface area contributed by atoms with Gasteiger partial charge in [-0.25, -0.2) is 4.79 Å². The highest BCUT2D eigenvalue weighted by Gasteiger charge is 2.16. The van der Waals surface area contributed by atoms with Gasteiger partial charge in [0.2, 0.25) is 0 Å². The second kappa shape index (κ2) is 9.28. The molecule has 1 fully saturated rings. The Labute approximate surface area is 160 Å². The Morgan fingerprint density at radius 1 is 0.963 bits per heavy atom. The average Bonchev–Trinajstić information content (AvgIpc) is 3.21. The van der Waals surface area contributed by atoms with Crippen LogP contribution in [-0.2, 0) is 6.42 Å². The Morgan fingerprint density at radius 3 is 2.41 bits per heavy atom. The van der Waals surface area contributed by atoms with Gasteiger partial charge in [0.25, 0.3) is 0 Å². The first-order chi connectivity index (χ1) is 13.2. The molecule has 1 heterocycles.